The van der Waals surface area contributed by atoms with E-state index in [1.54, 1.807) is 11.0 Å². The molecule has 1 fully saturated rings. The van der Waals surface area contributed by atoms with E-state index in [0.29, 0.717) is 25.9 Å². The fourth-order valence-electron chi connectivity index (χ4n) is 3.00. The molecule has 2 amide bonds. The van der Waals surface area contributed by atoms with Crippen LogP contribution >= 0.6 is 15.9 Å². The van der Waals surface area contributed by atoms with Crippen LogP contribution in [-0.2, 0) is 9.59 Å². The first-order chi connectivity index (χ1) is 12.6. The van der Waals surface area contributed by atoms with E-state index in [0.717, 1.165) is 15.7 Å². The van der Waals surface area contributed by atoms with Gasteiger partial charge in [0.15, 0.2) is 0 Å². The molecule has 0 atom stereocenters. The number of benzene rings is 2. The Morgan fingerprint density at radius 1 is 1.00 bits per heavy atom. The number of rotatable bonds is 4. The van der Waals surface area contributed by atoms with Crippen LogP contribution in [0.15, 0.2) is 65.1 Å². The number of hydrogen-bond acceptors (Lipinski definition) is 2. The molecule has 5 heteroatoms. The Kier molecular flexibility index (Phi) is 6.23. The van der Waals surface area contributed by atoms with Crippen LogP contribution in [-0.4, -0.2) is 29.8 Å². The van der Waals surface area contributed by atoms with E-state index in [2.05, 4.69) is 21.2 Å². The van der Waals surface area contributed by atoms with Gasteiger partial charge in [0, 0.05) is 35.2 Å². The van der Waals surface area contributed by atoms with Crippen molar-refractivity contribution in [2.45, 2.75) is 12.8 Å². The molecule has 0 aliphatic carbocycles. The van der Waals surface area contributed by atoms with Crippen molar-refractivity contribution in [3.63, 3.8) is 0 Å². The van der Waals surface area contributed by atoms with Gasteiger partial charge in [0.2, 0.25) is 11.8 Å². The zero-order valence-corrected chi connectivity index (χ0v) is 16.0. The lowest BCUT2D eigenvalue weighted by atomic mass is 9.95. The Bertz CT molecular complexity index is 797. The maximum absolute atomic E-state index is 12.4. The zero-order chi connectivity index (χ0) is 18.4. The molecule has 3 rings (SSSR count). The predicted molar refractivity (Wildman–Crippen MR) is 108 cm³/mol. The second kappa shape index (κ2) is 8.81. The molecule has 1 heterocycles. The minimum absolute atomic E-state index is 0.0114. The molecular weight excluding hydrogens is 392 g/mol. The third-order valence-corrected chi connectivity index (χ3v) is 5.25. The predicted octanol–water partition coefficient (Wildman–Crippen LogP) is 4.34. The Morgan fingerprint density at radius 3 is 2.35 bits per heavy atom. The van der Waals surface area contributed by atoms with E-state index < -0.39 is 0 Å². The number of anilines is 1. The summed E-state index contributed by atoms with van der Waals surface area (Å²) in [5.41, 5.74) is 1.78. The van der Waals surface area contributed by atoms with Crippen LogP contribution in [0.3, 0.4) is 0 Å². The quantitative estimate of drug-likeness (QED) is 0.759. The first kappa shape index (κ1) is 18.4. The van der Waals surface area contributed by atoms with Gasteiger partial charge in [-0.1, -0.05) is 52.3 Å². The van der Waals surface area contributed by atoms with Crippen LogP contribution in [0.1, 0.15) is 18.4 Å². The number of likely N-dealkylation sites (tertiary alicyclic amines) is 1. The van der Waals surface area contributed by atoms with E-state index in [-0.39, 0.29) is 17.7 Å². The lowest BCUT2D eigenvalue weighted by molar-refractivity contribution is -0.130. The van der Waals surface area contributed by atoms with E-state index in [9.17, 15) is 9.59 Å². The van der Waals surface area contributed by atoms with Crippen LogP contribution in [0.2, 0.25) is 0 Å². The fraction of sp³-hybridized carbons (Fsp3) is 0.238. The van der Waals surface area contributed by atoms with Crippen LogP contribution < -0.4 is 5.32 Å². The first-order valence-corrected chi connectivity index (χ1v) is 9.50. The number of nitrogens with one attached hydrogen (secondary N) is 1. The molecule has 0 bridgehead atoms. The summed E-state index contributed by atoms with van der Waals surface area (Å²) in [6.45, 7) is 1.21. The molecule has 1 N–H and O–H groups in total. The van der Waals surface area contributed by atoms with Crippen molar-refractivity contribution in [1.29, 1.82) is 0 Å². The van der Waals surface area contributed by atoms with Crippen molar-refractivity contribution in [2.75, 3.05) is 18.4 Å². The van der Waals surface area contributed by atoms with Crippen molar-refractivity contribution in [3.05, 3.63) is 70.7 Å². The maximum Gasteiger partial charge on any atom is 0.246 e. The second-order valence-corrected chi connectivity index (χ2v) is 7.16. The van der Waals surface area contributed by atoms with Gasteiger partial charge < -0.3 is 10.2 Å². The summed E-state index contributed by atoms with van der Waals surface area (Å²) < 4.78 is 0.959. The largest absolute Gasteiger partial charge is 0.339 e. The minimum atomic E-state index is -0.0495. The average Bonchev–Trinajstić information content (AvgIpc) is 2.68. The summed E-state index contributed by atoms with van der Waals surface area (Å²) >= 11 is 3.47. The Balaban J connectivity index is 1.51. The molecule has 134 valence electrons. The van der Waals surface area contributed by atoms with Crippen molar-refractivity contribution in [1.82, 2.24) is 4.90 Å². The number of para-hydroxylation sites is 1. The maximum atomic E-state index is 12.4. The van der Waals surface area contributed by atoms with Gasteiger partial charge in [-0.2, -0.15) is 0 Å². The topological polar surface area (TPSA) is 49.4 Å². The van der Waals surface area contributed by atoms with Gasteiger partial charge in [0.05, 0.1) is 0 Å². The molecule has 0 aromatic heterocycles. The van der Waals surface area contributed by atoms with Gasteiger partial charge in [0.25, 0.3) is 0 Å². The van der Waals surface area contributed by atoms with E-state index >= 15 is 0 Å². The Hall–Kier alpha value is -2.40. The smallest absolute Gasteiger partial charge is 0.246 e. The molecule has 1 aliphatic heterocycles. The molecule has 0 unspecified atom stereocenters. The highest BCUT2D eigenvalue weighted by Crippen LogP contribution is 2.21. The standard InChI is InChI=1S/C21H21BrN2O2/c22-19-9-5-4-6-16(19)10-11-20(25)24-14-12-17(13-15-24)21(26)23-18-7-2-1-3-8-18/h1-11,17H,12-15H2,(H,23,26)/b11-10+. The third-order valence-electron chi connectivity index (χ3n) is 4.53. The third kappa shape index (κ3) is 4.82. The van der Waals surface area contributed by atoms with Gasteiger partial charge in [-0.15, -0.1) is 0 Å². The summed E-state index contributed by atoms with van der Waals surface area (Å²) in [5, 5.41) is 2.95. The van der Waals surface area contributed by atoms with Gasteiger partial charge in [-0.3, -0.25) is 9.59 Å². The lowest BCUT2D eigenvalue weighted by Gasteiger charge is -2.30. The van der Waals surface area contributed by atoms with Crippen LogP contribution in [0.5, 0.6) is 0 Å². The molecule has 1 aliphatic rings. The van der Waals surface area contributed by atoms with Crippen LogP contribution in [0.4, 0.5) is 5.69 Å². The zero-order valence-electron chi connectivity index (χ0n) is 14.4. The SMILES string of the molecule is O=C(Nc1ccccc1)C1CCN(C(=O)/C=C/c2ccccc2Br)CC1. The highest BCUT2D eigenvalue weighted by Gasteiger charge is 2.26. The van der Waals surface area contributed by atoms with Crippen molar-refractivity contribution >= 4 is 39.5 Å². The van der Waals surface area contributed by atoms with E-state index in [4.69, 9.17) is 0 Å². The normalized spacial score (nSPS) is 15.2. The highest BCUT2D eigenvalue weighted by atomic mass is 79.9. The molecule has 0 radical (unpaired) electrons. The average molecular weight is 413 g/mol. The number of piperidine rings is 1. The summed E-state index contributed by atoms with van der Waals surface area (Å²) in [6.07, 6.45) is 4.80. The van der Waals surface area contributed by atoms with Crippen molar-refractivity contribution in [2.24, 2.45) is 5.92 Å². The first-order valence-electron chi connectivity index (χ1n) is 8.71. The number of nitrogens with zero attached hydrogens (tertiary/aromatic N) is 1. The number of carbonyl (C=O) groups is 2. The highest BCUT2D eigenvalue weighted by molar-refractivity contribution is 9.10. The minimum Gasteiger partial charge on any atom is -0.339 e. The summed E-state index contributed by atoms with van der Waals surface area (Å²) in [5.74, 6) is -0.0266. The van der Waals surface area contributed by atoms with Gasteiger partial charge in [0.1, 0.15) is 0 Å². The molecule has 2 aromatic carbocycles. The molecule has 0 spiro atoms. The van der Waals surface area contributed by atoms with Gasteiger partial charge in [-0.05, 0) is 42.7 Å². The molecule has 2 aromatic rings. The van der Waals surface area contributed by atoms with Crippen LogP contribution in [0.25, 0.3) is 6.08 Å². The van der Waals surface area contributed by atoms with Crippen molar-refractivity contribution < 1.29 is 9.59 Å². The molecule has 26 heavy (non-hydrogen) atoms. The van der Waals surface area contributed by atoms with E-state index in [1.807, 2.05) is 60.7 Å². The number of carbonyl (C=O) groups excluding carboxylic acids is 2. The van der Waals surface area contributed by atoms with E-state index in [1.165, 1.54) is 0 Å². The van der Waals surface area contributed by atoms with Gasteiger partial charge >= 0.3 is 0 Å². The Morgan fingerprint density at radius 2 is 1.65 bits per heavy atom. The fourth-order valence-corrected chi connectivity index (χ4v) is 3.42. The lowest BCUT2D eigenvalue weighted by Crippen LogP contribution is -2.40. The summed E-state index contributed by atoms with van der Waals surface area (Å²) in [4.78, 5) is 26.5. The second-order valence-electron chi connectivity index (χ2n) is 6.31. The summed E-state index contributed by atoms with van der Waals surface area (Å²) in [7, 11) is 0. The summed E-state index contributed by atoms with van der Waals surface area (Å²) in [6, 6.07) is 17.2. The number of amides is 2. The van der Waals surface area contributed by atoms with Crippen molar-refractivity contribution in [3.8, 4) is 0 Å². The monoisotopic (exact) mass is 412 g/mol. The molecule has 0 saturated carbocycles. The number of hydrogen-bond donors (Lipinski definition) is 1. The van der Waals surface area contributed by atoms with Gasteiger partial charge in [-0.25, -0.2) is 0 Å². The molecular formula is C21H21BrN2O2. The molecule has 4 nitrogen and oxygen atoms in total. The Labute approximate surface area is 162 Å². The number of halogens is 1. The molecule has 1 saturated heterocycles. The van der Waals surface area contributed by atoms with Crippen LogP contribution in [0, 0.1) is 5.92 Å².